The summed E-state index contributed by atoms with van der Waals surface area (Å²) in [5.74, 6) is 0.357. The van der Waals surface area contributed by atoms with Crippen LogP contribution in [0.15, 0.2) is 53.3 Å². The van der Waals surface area contributed by atoms with Gasteiger partial charge < -0.3 is 9.72 Å². The number of aromatic nitrogens is 2. The third kappa shape index (κ3) is 2.38. The molecule has 0 spiro atoms. The molecular formula is C21H18N2O2. The van der Waals surface area contributed by atoms with E-state index >= 15 is 0 Å². The number of para-hydroxylation sites is 1. The van der Waals surface area contributed by atoms with Crippen LogP contribution in [0.5, 0.6) is 5.75 Å². The third-order valence-corrected chi connectivity index (χ3v) is 4.50. The van der Waals surface area contributed by atoms with Crippen LogP contribution in [0.25, 0.3) is 32.9 Å². The van der Waals surface area contributed by atoms with Gasteiger partial charge in [0.05, 0.1) is 29.2 Å². The molecule has 0 aliphatic rings. The van der Waals surface area contributed by atoms with Gasteiger partial charge in [0.25, 0.3) is 0 Å². The van der Waals surface area contributed by atoms with Gasteiger partial charge in [0.2, 0.25) is 5.43 Å². The minimum Gasteiger partial charge on any atom is -0.491 e. The molecule has 2 aromatic carbocycles. The average molecular weight is 330 g/mol. The number of aromatic amines is 1. The number of methoxy groups -OCH3 is 1. The summed E-state index contributed by atoms with van der Waals surface area (Å²) in [6.07, 6.45) is 0. The zero-order valence-corrected chi connectivity index (χ0v) is 14.4. The van der Waals surface area contributed by atoms with E-state index in [1.807, 2.05) is 62.4 Å². The minimum atomic E-state index is -0.0945. The zero-order valence-electron chi connectivity index (χ0n) is 14.4. The lowest BCUT2D eigenvalue weighted by Gasteiger charge is -2.13. The van der Waals surface area contributed by atoms with Crippen LogP contribution < -0.4 is 10.2 Å². The number of hydrogen-bond donors (Lipinski definition) is 1. The predicted molar refractivity (Wildman–Crippen MR) is 101 cm³/mol. The second-order valence-corrected chi connectivity index (χ2v) is 6.17. The van der Waals surface area contributed by atoms with Crippen molar-refractivity contribution in [2.75, 3.05) is 7.11 Å². The molecule has 0 aliphatic carbocycles. The molecule has 0 unspecified atom stereocenters. The summed E-state index contributed by atoms with van der Waals surface area (Å²) in [4.78, 5) is 20.9. The number of hydrogen-bond acceptors (Lipinski definition) is 3. The summed E-state index contributed by atoms with van der Waals surface area (Å²) in [7, 11) is 1.53. The van der Waals surface area contributed by atoms with Gasteiger partial charge in [-0.3, -0.25) is 9.78 Å². The summed E-state index contributed by atoms with van der Waals surface area (Å²) in [5.41, 5.74) is 5.17. The number of H-pyrrole nitrogens is 1. The number of fused-ring (bicyclic) bond motifs is 2. The van der Waals surface area contributed by atoms with Gasteiger partial charge in [-0.15, -0.1) is 0 Å². The summed E-state index contributed by atoms with van der Waals surface area (Å²) in [5, 5.41) is 1.67. The minimum absolute atomic E-state index is 0.0945. The van der Waals surface area contributed by atoms with Crippen LogP contribution in [0, 0.1) is 13.8 Å². The lowest BCUT2D eigenvalue weighted by molar-refractivity contribution is 0.406. The maximum Gasteiger partial charge on any atom is 0.232 e. The molecule has 4 nitrogen and oxygen atoms in total. The van der Waals surface area contributed by atoms with Crippen molar-refractivity contribution in [3.8, 4) is 16.9 Å². The predicted octanol–water partition coefficient (Wildman–Crippen LogP) is 4.37. The number of aryl methyl sites for hydroxylation is 2. The van der Waals surface area contributed by atoms with E-state index < -0.39 is 0 Å². The number of benzene rings is 2. The molecule has 0 atom stereocenters. The molecule has 0 fully saturated rings. The highest BCUT2D eigenvalue weighted by Gasteiger charge is 2.16. The smallest absolute Gasteiger partial charge is 0.232 e. The molecule has 25 heavy (non-hydrogen) atoms. The Morgan fingerprint density at radius 1 is 1.00 bits per heavy atom. The van der Waals surface area contributed by atoms with Crippen LogP contribution in [-0.4, -0.2) is 17.1 Å². The van der Waals surface area contributed by atoms with Gasteiger partial charge in [-0.25, -0.2) is 0 Å². The molecule has 2 aromatic heterocycles. The zero-order chi connectivity index (χ0) is 17.6. The molecule has 0 saturated carbocycles. The van der Waals surface area contributed by atoms with Gasteiger partial charge >= 0.3 is 0 Å². The Hall–Kier alpha value is -3.14. The Morgan fingerprint density at radius 2 is 1.80 bits per heavy atom. The molecule has 124 valence electrons. The Bertz CT molecular complexity index is 1180. The molecule has 4 aromatic rings. The van der Waals surface area contributed by atoms with Crippen LogP contribution in [0.4, 0.5) is 0 Å². The maximum absolute atomic E-state index is 13.0. The summed E-state index contributed by atoms with van der Waals surface area (Å²) in [6.45, 7) is 3.81. The van der Waals surface area contributed by atoms with E-state index in [-0.39, 0.29) is 5.43 Å². The van der Waals surface area contributed by atoms with E-state index in [2.05, 4.69) is 9.97 Å². The molecule has 0 amide bonds. The van der Waals surface area contributed by atoms with Crippen molar-refractivity contribution in [2.24, 2.45) is 0 Å². The topological polar surface area (TPSA) is 55.0 Å². The van der Waals surface area contributed by atoms with Crippen LogP contribution in [0.2, 0.25) is 0 Å². The van der Waals surface area contributed by atoms with Gasteiger partial charge in [0.1, 0.15) is 0 Å². The van der Waals surface area contributed by atoms with E-state index in [4.69, 9.17) is 4.74 Å². The second-order valence-electron chi connectivity index (χ2n) is 6.17. The van der Waals surface area contributed by atoms with Gasteiger partial charge in [0.15, 0.2) is 5.75 Å². The first-order chi connectivity index (χ1) is 12.1. The lowest BCUT2D eigenvalue weighted by atomic mass is 9.96. The van der Waals surface area contributed by atoms with Crippen LogP contribution in [0.1, 0.15) is 11.4 Å². The number of nitrogens with zero attached hydrogens (tertiary/aromatic N) is 1. The fourth-order valence-corrected chi connectivity index (χ4v) is 3.44. The van der Waals surface area contributed by atoms with E-state index in [9.17, 15) is 4.79 Å². The molecular weight excluding hydrogens is 312 g/mol. The molecule has 0 aliphatic heterocycles. The first-order valence-corrected chi connectivity index (χ1v) is 8.16. The van der Waals surface area contributed by atoms with Gasteiger partial charge in [-0.1, -0.05) is 30.3 Å². The van der Waals surface area contributed by atoms with Crippen molar-refractivity contribution < 1.29 is 4.74 Å². The van der Waals surface area contributed by atoms with Crippen molar-refractivity contribution in [3.63, 3.8) is 0 Å². The Morgan fingerprint density at radius 3 is 2.60 bits per heavy atom. The number of nitrogens with one attached hydrogen (secondary N) is 1. The van der Waals surface area contributed by atoms with Crippen molar-refractivity contribution >= 4 is 21.8 Å². The fourth-order valence-electron chi connectivity index (χ4n) is 3.44. The van der Waals surface area contributed by atoms with Crippen LogP contribution in [0.3, 0.4) is 0 Å². The SMILES string of the molecule is COc1c(C)[nH]c2cccc(-c3cc(C)nc4ccccc34)c2c1=O. The number of pyridine rings is 2. The molecule has 0 bridgehead atoms. The van der Waals surface area contributed by atoms with Crippen molar-refractivity contribution in [2.45, 2.75) is 13.8 Å². The summed E-state index contributed by atoms with van der Waals surface area (Å²) < 4.78 is 5.33. The molecule has 4 rings (SSSR count). The monoisotopic (exact) mass is 330 g/mol. The highest BCUT2D eigenvalue weighted by Crippen LogP contribution is 2.33. The van der Waals surface area contributed by atoms with E-state index in [0.717, 1.165) is 38.9 Å². The summed E-state index contributed by atoms with van der Waals surface area (Å²) >= 11 is 0. The van der Waals surface area contributed by atoms with E-state index in [0.29, 0.717) is 11.1 Å². The second kappa shape index (κ2) is 5.74. The quantitative estimate of drug-likeness (QED) is 0.594. The first kappa shape index (κ1) is 15.4. The molecule has 0 radical (unpaired) electrons. The van der Waals surface area contributed by atoms with Crippen molar-refractivity contribution in [1.29, 1.82) is 0 Å². The number of rotatable bonds is 2. The fraction of sp³-hybridized carbons (Fsp3) is 0.143. The van der Waals surface area contributed by atoms with Gasteiger partial charge in [-0.05, 0) is 43.2 Å². The van der Waals surface area contributed by atoms with Crippen molar-refractivity contribution in [1.82, 2.24) is 9.97 Å². The van der Waals surface area contributed by atoms with Crippen molar-refractivity contribution in [3.05, 3.63) is 70.1 Å². The van der Waals surface area contributed by atoms with Gasteiger partial charge in [-0.2, -0.15) is 0 Å². The lowest BCUT2D eigenvalue weighted by Crippen LogP contribution is -2.10. The molecule has 2 heterocycles. The Balaban J connectivity index is 2.18. The highest BCUT2D eigenvalue weighted by atomic mass is 16.5. The summed E-state index contributed by atoms with van der Waals surface area (Å²) in [6, 6.07) is 15.9. The average Bonchev–Trinajstić information content (AvgIpc) is 2.60. The van der Waals surface area contributed by atoms with Crippen LogP contribution in [-0.2, 0) is 0 Å². The maximum atomic E-state index is 13.0. The van der Waals surface area contributed by atoms with Crippen LogP contribution >= 0.6 is 0 Å². The van der Waals surface area contributed by atoms with Gasteiger partial charge in [0, 0.05) is 11.1 Å². The first-order valence-electron chi connectivity index (χ1n) is 8.16. The molecule has 4 heteroatoms. The highest BCUT2D eigenvalue weighted by molar-refractivity contribution is 6.04. The number of ether oxygens (including phenoxy) is 1. The standard InChI is InChI=1S/C21H18N2O2/c1-12-11-16(14-7-4-5-9-17(14)22-12)15-8-6-10-18-19(15)20(24)21(25-3)13(2)23-18/h4-11H,1-3H3,(H,23,24). The Kier molecular flexibility index (Phi) is 3.53. The largest absolute Gasteiger partial charge is 0.491 e. The Labute approximate surface area is 145 Å². The molecule has 0 saturated heterocycles. The molecule has 1 N–H and O–H groups in total. The van der Waals surface area contributed by atoms with E-state index in [1.54, 1.807) is 0 Å². The third-order valence-electron chi connectivity index (χ3n) is 4.50. The van der Waals surface area contributed by atoms with E-state index in [1.165, 1.54) is 7.11 Å². The normalized spacial score (nSPS) is 11.2.